The summed E-state index contributed by atoms with van der Waals surface area (Å²) < 4.78 is 0. The second kappa shape index (κ2) is 4.30. The maximum atomic E-state index is 10.7. The van der Waals surface area contributed by atoms with Gasteiger partial charge in [-0.15, -0.1) is 0 Å². The number of hydrogen-bond donors (Lipinski definition) is 4. The second-order valence-electron chi connectivity index (χ2n) is 2.80. The highest BCUT2D eigenvalue weighted by molar-refractivity contribution is 5.97. The van der Waals surface area contributed by atoms with Gasteiger partial charge in [-0.2, -0.15) is 0 Å². The van der Waals surface area contributed by atoms with E-state index < -0.39 is 29.3 Å². The topological polar surface area (TPSA) is 124 Å². The van der Waals surface area contributed by atoms with Gasteiger partial charge in [0.05, 0.1) is 5.57 Å². The SMILES string of the molecule is O=C(O)C1=CC=C(C(=O)O)NC(C(=O)O)=C1. The summed E-state index contributed by atoms with van der Waals surface area (Å²) in [6, 6.07) is 0. The van der Waals surface area contributed by atoms with Crippen molar-refractivity contribution in [1.82, 2.24) is 5.32 Å². The lowest BCUT2D eigenvalue weighted by atomic mass is 10.2. The molecule has 0 spiro atoms. The zero-order valence-corrected chi connectivity index (χ0v) is 7.80. The quantitative estimate of drug-likeness (QED) is 0.512. The van der Waals surface area contributed by atoms with E-state index in [9.17, 15) is 14.4 Å². The first-order valence-corrected chi connectivity index (χ1v) is 4.02. The smallest absolute Gasteiger partial charge is 0.352 e. The molecular formula is C9H7NO6. The van der Waals surface area contributed by atoms with Crippen molar-refractivity contribution < 1.29 is 29.7 Å². The molecular weight excluding hydrogens is 218 g/mol. The fourth-order valence-electron chi connectivity index (χ4n) is 0.973. The molecule has 1 rings (SSSR count). The summed E-state index contributed by atoms with van der Waals surface area (Å²) in [7, 11) is 0. The van der Waals surface area contributed by atoms with Gasteiger partial charge in [-0.3, -0.25) is 0 Å². The molecule has 1 aliphatic rings. The molecule has 84 valence electrons. The predicted molar refractivity (Wildman–Crippen MR) is 50.3 cm³/mol. The van der Waals surface area contributed by atoms with E-state index in [1.54, 1.807) is 0 Å². The van der Waals surface area contributed by atoms with Crippen molar-refractivity contribution in [2.75, 3.05) is 0 Å². The average Bonchev–Trinajstić information content (AvgIpc) is 2.39. The van der Waals surface area contributed by atoms with Crippen LogP contribution < -0.4 is 5.32 Å². The highest BCUT2D eigenvalue weighted by Crippen LogP contribution is 2.09. The van der Waals surface area contributed by atoms with Crippen LogP contribution in [0.5, 0.6) is 0 Å². The van der Waals surface area contributed by atoms with Crippen LogP contribution in [-0.4, -0.2) is 33.2 Å². The van der Waals surface area contributed by atoms with Gasteiger partial charge in [-0.25, -0.2) is 14.4 Å². The molecule has 0 aromatic carbocycles. The Kier molecular flexibility index (Phi) is 3.09. The van der Waals surface area contributed by atoms with Crippen LogP contribution in [0.1, 0.15) is 0 Å². The van der Waals surface area contributed by atoms with E-state index in [2.05, 4.69) is 5.32 Å². The molecule has 1 heterocycles. The van der Waals surface area contributed by atoms with Crippen LogP contribution in [0, 0.1) is 0 Å². The minimum absolute atomic E-state index is 0.318. The zero-order valence-electron chi connectivity index (χ0n) is 7.80. The van der Waals surface area contributed by atoms with Crippen LogP contribution in [0.15, 0.2) is 35.2 Å². The summed E-state index contributed by atoms with van der Waals surface area (Å²) in [5.74, 6) is -4.17. The number of rotatable bonds is 3. The standard InChI is InChI=1S/C9H7NO6/c11-7(12)4-1-2-5(8(13)14)10-6(3-4)9(15)16/h1-3,10H,(H,11,12)(H,13,14)(H,15,16). The lowest BCUT2D eigenvalue weighted by Crippen LogP contribution is -2.24. The number of carboxylic acids is 3. The molecule has 0 aromatic heterocycles. The van der Waals surface area contributed by atoms with Gasteiger partial charge >= 0.3 is 17.9 Å². The van der Waals surface area contributed by atoms with Crippen molar-refractivity contribution in [2.24, 2.45) is 0 Å². The molecule has 1 aliphatic heterocycles. The first-order chi connectivity index (χ1) is 7.41. The summed E-state index contributed by atoms with van der Waals surface area (Å²) in [4.78, 5) is 31.9. The molecule has 7 nitrogen and oxygen atoms in total. The highest BCUT2D eigenvalue weighted by atomic mass is 16.4. The predicted octanol–water partition coefficient (Wildman–Crippen LogP) is -0.462. The Bertz CT molecular complexity index is 457. The number of hydrogen-bond acceptors (Lipinski definition) is 4. The Hall–Kier alpha value is -2.57. The maximum Gasteiger partial charge on any atom is 0.352 e. The van der Waals surface area contributed by atoms with E-state index >= 15 is 0 Å². The number of nitrogens with one attached hydrogen (secondary N) is 1. The minimum atomic E-state index is -1.44. The molecule has 0 saturated heterocycles. The van der Waals surface area contributed by atoms with Crippen molar-refractivity contribution in [3.8, 4) is 0 Å². The Morgan fingerprint density at radius 3 is 1.88 bits per heavy atom. The van der Waals surface area contributed by atoms with Crippen molar-refractivity contribution >= 4 is 17.9 Å². The van der Waals surface area contributed by atoms with E-state index in [0.29, 0.717) is 0 Å². The number of allylic oxidation sites excluding steroid dienone is 2. The molecule has 0 fully saturated rings. The number of carboxylic acid groups (broad SMARTS) is 3. The van der Waals surface area contributed by atoms with Crippen molar-refractivity contribution in [2.45, 2.75) is 0 Å². The molecule has 4 N–H and O–H groups in total. The first-order valence-electron chi connectivity index (χ1n) is 4.02. The van der Waals surface area contributed by atoms with Gasteiger partial charge in [-0.1, -0.05) is 0 Å². The zero-order chi connectivity index (χ0) is 12.3. The van der Waals surface area contributed by atoms with Gasteiger partial charge < -0.3 is 20.6 Å². The Labute approximate surface area is 89.0 Å². The first kappa shape index (κ1) is 11.5. The molecule has 0 saturated carbocycles. The average molecular weight is 225 g/mol. The molecule has 0 bridgehead atoms. The van der Waals surface area contributed by atoms with Gasteiger partial charge in [0.1, 0.15) is 11.4 Å². The summed E-state index contributed by atoms with van der Waals surface area (Å²) in [5, 5.41) is 28.1. The van der Waals surface area contributed by atoms with Crippen molar-refractivity contribution in [1.29, 1.82) is 0 Å². The monoisotopic (exact) mass is 225 g/mol. The molecule has 0 amide bonds. The van der Waals surface area contributed by atoms with Crippen LogP contribution in [0.25, 0.3) is 0 Å². The van der Waals surface area contributed by atoms with E-state index in [1.165, 1.54) is 0 Å². The molecule has 0 atom stereocenters. The largest absolute Gasteiger partial charge is 0.478 e. The number of carbonyl (C=O) groups is 3. The number of aliphatic carboxylic acids is 3. The van der Waals surface area contributed by atoms with Crippen LogP contribution in [0.2, 0.25) is 0 Å². The Morgan fingerprint density at radius 2 is 1.44 bits per heavy atom. The summed E-state index contributed by atoms with van der Waals surface area (Å²) in [6.45, 7) is 0. The van der Waals surface area contributed by atoms with Gasteiger partial charge in [0.2, 0.25) is 0 Å². The minimum Gasteiger partial charge on any atom is -0.478 e. The van der Waals surface area contributed by atoms with Crippen LogP contribution in [-0.2, 0) is 14.4 Å². The van der Waals surface area contributed by atoms with Crippen LogP contribution in [0.4, 0.5) is 0 Å². The van der Waals surface area contributed by atoms with Gasteiger partial charge in [0.15, 0.2) is 0 Å². The summed E-state index contributed by atoms with van der Waals surface area (Å²) in [6.07, 6.45) is 2.84. The fraction of sp³-hybridized carbons (Fsp3) is 0. The van der Waals surface area contributed by atoms with E-state index in [0.717, 1.165) is 18.2 Å². The van der Waals surface area contributed by atoms with E-state index in [-0.39, 0.29) is 5.57 Å². The lowest BCUT2D eigenvalue weighted by molar-refractivity contribution is -0.134. The molecule has 7 heteroatoms. The van der Waals surface area contributed by atoms with Crippen molar-refractivity contribution in [3.05, 3.63) is 35.2 Å². The highest BCUT2D eigenvalue weighted by Gasteiger charge is 2.18. The molecule has 0 aliphatic carbocycles. The lowest BCUT2D eigenvalue weighted by Gasteiger charge is -2.04. The third-order valence-electron chi connectivity index (χ3n) is 1.71. The normalized spacial score (nSPS) is 14.9. The summed E-state index contributed by atoms with van der Waals surface area (Å²) in [5.41, 5.74) is -1.24. The fourth-order valence-corrected chi connectivity index (χ4v) is 0.973. The Balaban J connectivity index is 3.21. The maximum absolute atomic E-state index is 10.7. The third-order valence-corrected chi connectivity index (χ3v) is 1.71. The third kappa shape index (κ3) is 2.47. The van der Waals surface area contributed by atoms with Gasteiger partial charge in [-0.05, 0) is 18.2 Å². The van der Waals surface area contributed by atoms with E-state index in [4.69, 9.17) is 15.3 Å². The van der Waals surface area contributed by atoms with Crippen LogP contribution in [0.3, 0.4) is 0 Å². The van der Waals surface area contributed by atoms with Gasteiger partial charge in [0, 0.05) is 0 Å². The van der Waals surface area contributed by atoms with Crippen LogP contribution >= 0.6 is 0 Å². The molecule has 16 heavy (non-hydrogen) atoms. The second-order valence-corrected chi connectivity index (χ2v) is 2.80. The molecule has 0 aromatic rings. The summed E-state index contributed by atoms with van der Waals surface area (Å²) >= 11 is 0. The van der Waals surface area contributed by atoms with E-state index in [1.807, 2.05) is 0 Å². The van der Waals surface area contributed by atoms with Crippen molar-refractivity contribution in [3.63, 3.8) is 0 Å². The Morgan fingerprint density at radius 1 is 0.875 bits per heavy atom. The molecule has 0 unspecified atom stereocenters. The molecule has 0 radical (unpaired) electrons. The van der Waals surface area contributed by atoms with Gasteiger partial charge in [0.25, 0.3) is 0 Å².